The molecule has 0 radical (unpaired) electrons. The zero-order chi connectivity index (χ0) is 9.97. The highest BCUT2D eigenvalue weighted by atomic mass is 32.1. The minimum absolute atomic E-state index is 0.171. The summed E-state index contributed by atoms with van der Waals surface area (Å²) >= 11 is 1.72. The van der Waals surface area contributed by atoms with E-state index in [0.717, 1.165) is 19.6 Å². The molecule has 76 valence electrons. The standard InChI is InChI=1S/C10H14N2OS/c1-8(13)12-5-4-11-7-9(12)10-3-2-6-14-10/h2-3,6,9,11H,4-5,7H2,1H3. The summed E-state index contributed by atoms with van der Waals surface area (Å²) in [4.78, 5) is 14.6. The highest BCUT2D eigenvalue weighted by Gasteiger charge is 2.25. The number of piperazine rings is 1. The van der Waals surface area contributed by atoms with Gasteiger partial charge in [0.25, 0.3) is 0 Å². The van der Waals surface area contributed by atoms with Crippen LogP contribution in [-0.4, -0.2) is 30.4 Å². The van der Waals surface area contributed by atoms with Crippen molar-refractivity contribution in [3.8, 4) is 0 Å². The van der Waals surface area contributed by atoms with Crippen molar-refractivity contribution in [3.63, 3.8) is 0 Å². The fourth-order valence-electron chi connectivity index (χ4n) is 1.82. The van der Waals surface area contributed by atoms with Gasteiger partial charge in [0.05, 0.1) is 6.04 Å². The number of rotatable bonds is 1. The molecule has 1 N–H and O–H groups in total. The van der Waals surface area contributed by atoms with Gasteiger partial charge in [-0.1, -0.05) is 6.07 Å². The summed E-state index contributed by atoms with van der Waals surface area (Å²) < 4.78 is 0. The molecule has 0 spiro atoms. The monoisotopic (exact) mass is 210 g/mol. The molecule has 2 rings (SSSR count). The number of hydrogen-bond donors (Lipinski definition) is 1. The average Bonchev–Trinajstić information content (AvgIpc) is 2.70. The Morgan fingerprint density at radius 2 is 2.57 bits per heavy atom. The van der Waals surface area contributed by atoms with Crippen LogP contribution in [0.3, 0.4) is 0 Å². The van der Waals surface area contributed by atoms with Crippen molar-refractivity contribution in [2.45, 2.75) is 13.0 Å². The van der Waals surface area contributed by atoms with E-state index in [2.05, 4.69) is 16.8 Å². The van der Waals surface area contributed by atoms with Gasteiger partial charge in [-0.2, -0.15) is 0 Å². The van der Waals surface area contributed by atoms with Crippen molar-refractivity contribution in [3.05, 3.63) is 22.4 Å². The van der Waals surface area contributed by atoms with E-state index in [1.165, 1.54) is 4.88 Å². The van der Waals surface area contributed by atoms with Gasteiger partial charge in [-0.05, 0) is 11.4 Å². The Morgan fingerprint density at radius 1 is 1.71 bits per heavy atom. The summed E-state index contributed by atoms with van der Waals surface area (Å²) in [5.41, 5.74) is 0. The Balaban J connectivity index is 2.18. The molecule has 0 saturated carbocycles. The molecule has 1 unspecified atom stereocenters. The maximum Gasteiger partial charge on any atom is 0.220 e. The molecule has 1 aliphatic rings. The number of nitrogens with one attached hydrogen (secondary N) is 1. The molecule has 0 aliphatic carbocycles. The first-order valence-electron chi connectivity index (χ1n) is 4.80. The van der Waals surface area contributed by atoms with E-state index >= 15 is 0 Å². The van der Waals surface area contributed by atoms with Crippen LogP contribution in [0.1, 0.15) is 17.8 Å². The van der Waals surface area contributed by atoms with Crippen LogP contribution in [0.5, 0.6) is 0 Å². The highest BCUT2D eigenvalue weighted by molar-refractivity contribution is 7.10. The van der Waals surface area contributed by atoms with Gasteiger partial charge in [-0.25, -0.2) is 0 Å². The van der Waals surface area contributed by atoms with Gasteiger partial charge in [-0.15, -0.1) is 11.3 Å². The molecule has 2 heterocycles. The number of carbonyl (C=O) groups excluding carboxylic acids is 1. The van der Waals surface area contributed by atoms with Crippen LogP contribution < -0.4 is 5.32 Å². The third-order valence-corrected chi connectivity index (χ3v) is 3.49. The lowest BCUT2D eigenvalue weighted by Gasteiger charge is -2.34. The van der Waals surface area contributed by atoms with Crippen LogP contribution in [0.25, 0.3) is 0 Å². The molecule has 4 heteroatoms. The number of amides is 1. The lowest BCUT2D eigenvalue weighted by molar-refractivity contribution is -0.132. The zero-order valence-electron chi connectivity index (χ0n) is 8.19. The Labute approximate surface area is 87.7 Å². The second-order valence-corrected chi connectivity index (χ2v) is 4.43. The molecule has 0 bridgehead atoms. The molecule has 1 aromatic rings. The minimum atomic E-state index is 0.171. The largest absolute Gasteiger partial charge is 0.333 e. The Hall–Kier alpha value is -0.870. The van der Waals surface area contributed by atoms with Gasteiger partial charge in [0, 0.05) is 31.4 Å². The molecule has 1 aliphatic heterocycles. The summed E-state index contributed by atoms with van der Waals surface area (Å²) in [7, 11) is 0. The van der Waals surface area contributed by atoms with E-state index in [-0.39, 0.29) is 11.9 Å². The van der Waals surface area contributed by atoms with Crippen LogP contribution >= 0.6 is 11.3 Å². The minimum Gasteiger partial charge on any atom is -0.333 e. The third-order valence-electron chi connectivity index (χ3n) is 2.52. The van der Waals surface area contributed by atoms with Gasteiger partial charge < -0.3 is 10.2 Å². The predicted molar refractivity (Wildman–Crippen MR) is 57.3 cm³/mol. The van der Waals surface area contributed by atoms with Crippen LogP contribution in [-0.2, 0) is 4.79 Å². The Morgan fingerprint density at radius 3 is 3.21 bits per heavy atom. The lowest BCUT2D eigenvalue weighted by atomic mass is 10.1. The Kier molecular flexibility index (Phi) is 2.84. The predicted octanol–water partition coefficient (Wildman–Crippen LogP) is 1.24. The van der Waals surface area contributed by atoms with E-state index in [0.29, 0.717) is 0 Å². The van der Waals surface area contributed by atoms with Crippen molar-refractivity contribution < 1.29 is 4.79 Å². The number of thiophene rings is 1. The fourth-order valence-corrected chi connectivity index (χ4v) is 2.66. The second-order valence-electron chi connectivity index (χ2n) is 3.45. The van der Waals surface area contributed by atoms with Gasteiger partial charge in [0.15, 0.2) is 0 Å². The highest BCUT2D eigenvalue weighted by Crippen LogP contribution is 2.25. The number of nitrogens with zero attached hydrogens (tertiary/aromatic N) is 1. The van der Waals surface area contributed by atoms with Crippen LogP contribution in [0.15, 0.2) is 17.5 Å². The first-order chi connectivity index (χ1) is 6.79. The van der Waals surface area contributed by atoms with Crippen molar-refractivity contribution in [2.75, 3.05) is 19.6 Å². The van der Waals surface area contributed by atoms with Crippen LogP contribution in [0, 0.1) is 0 Å². The molecule has 1 amide bonds. The van der Waals surface area contributed by atoms with Crippen LogP contribution in [0.2, 0.25) is 0 Å². The van der Waals surface area contributed by atoms with Gasteiger partial charge >= 0.3 is 0 Å². The van der Waals surface area contributed by atoms with E-state index in [9.17, 15) is 4.79 Å². The quantitative estimate of drug-likeness (QED) is 0.756. The maximum atomic E-state index is 11.4. The van der Waals surface area contributed by atoms with Gasteiger partial charge in [0.1, 0.15) is 0 Å². The van der Waals surface area contributed by atoms with Gasteiger partial charge in [-0.3, -0.25) is 4.79 Å². The average molecular weight is 210 g/mol. The summed E-state index contributed by atoms with van der Waals surface area (Å²) in [5, 5.41) is 5.38. The van der Waals surface area contributed by atoms with Crippen LogP contribution in [0.4, 0.5) is 0 Å². The third kappa shape index (κ3) is 1.81. The summed E-state index contributed by atoms with van der Waals surface area (Å²) in [6.45, 7) is 4.24. The smallest absolute Gasteiger partial charge is 0.220 e. The maximum absolute atomic E-state index is 11.4. The lowest BCUT2D eigenvalue weighted by Crippen LogP contribution is -2.47. The second kappa shape index (κ2) is 4.11. The number of hydrogen-bond acceptors (Lipinski definition) is 3. The molecule has 1 fully saturated rings. The zero-order valence-corrected chi connectivity index (χ0v) is 9.01. The molecule has 1 saturated heterocycles. The van der Waals surface area contributed by atoms with Crippen molar-refractivity contribution >= 4 is 17.2 Å². The van der Waals surface area contributed by atoms with Crippen molar-refractivity contribution in [2.24, 2.45) is 0 Å². The summed E-state index contributed by atoms with van der Waals surface area (Å²) in [6, 6.07) is 4.37. The fraction of sp³-hybridized carbons (Fsp3) is 0.500. The molecule has 0 aromatic carbocycles. The molecule has 1 aromatic heterocycles. The van der Waals surface area contributed by atoms with Gasteiger partial charge in [0.2, 0.25) is 5.91 Å². The Bertz CT molecular complexity index is 310. The molecule has 3 nitrogen and oxygen atoms in total. The van der Waals surface area contributed by atoms with Crippen molar-refractivity contribution in [1.29, 1.82) is 0 Å². The van der Waals surface area contributed by atoms with E-state index in [4.69, 9.17) is 0 Å². The summed E-state index contributed by atoms with van der Waals surface area (Å²) in [5.74, 6) is 0.171. The molecular formula is C10H14N2OS. The topological polar surface area (TPSA) is 32.3 Å². The molecular weight excluding hydrogens is 196 g/mol. The molecule has 14 heavy (non-hydrogen) atoms. The SMILES string of the molecule is CC(=O)N1CCNCC1c1cccs1. The normalized spacial score (nSPS) is 22.4. The number of carbonyl (C=O) groups is 1. The summed E-state index contributed by atoms with van der Waals surface area (Å²) in [6.07, 6.45) is 0. The van der Waals surface area contributed by atoms with E-state index in [1.807, 2.05) is 11.0 Å². The van der Waals surface area contributed by atoms with Crippen molar-refractivity contribution in [1.82, 2.24) is 10.2 Å². The first-order valence-corrected chi connectivity index (χ1v) is 5.68. The first kappa shape index (κ1) is 9.68. The van der Waals surface area contributed by atoms with E-state index < -0.39 is 0 Å². The molecule has 1 atom stereocenters. The van der Waals surface area contributed by atoms with E-state index in [1.54, 1.807) is 18.3 Å².